The zero-order valence-corrected chi connectivity index (χ0v) is 12.4. The Kier molecular flexibility index (Phi) is 4.03. The average molecular weight is 291 g/mol. The summed E-state index contributed by atoms with van der Waals surface area (Å²) in [6.45, 7) is 3.19. The lowest BCUT2D eigenvalue weighted by Gasteiger charge is -2.32. The van der Waals surface area contributed by atoms with E-state index in [2.05, 4.69) is 27.3 Å². The van der Waals surface area contributed by atoms with Crippen LogP contribution in [0.3, 0.4) is 0 Å². The molecular formula is C15H19ClN4. The summed E-state index contributed by atoms with van der Waals surface area (Å²) in [4.78, 5) is 2.48. The minimum Gasteiger partial charge on any atom is -0.297 e. The van der Waals surface area contributed by atoms with E-state index in [0.717, 1.165) is 24.7 Å². The third kappa shape index (κ3) is 3.02. The lowest BCUT2D eigenvalue weighted by atomic mass is 9.89. The minimum absolute atomic E-state index is 0.660. The Morgan fingerprint density at radius 3 is 2.50 bits per heavy atom. The number of likely N-dealkylation sites (tertiary alicyclic amines) is 1. The molecule has 2 heterocycles. The van der Waals surface area contributed by atoms with Crippen LogP contribution in [0.1, 0.15) is 30.0 Å². The number of benzene rings is 1. The quantitative estimate of drug-likeness (QED) is 0.872. The monoisotopic (exact) mass is 290 g/mol. The van der Waals surface area contributed by atoms with E-state index < -0.39 is 0 Å². The molecule has 1 aliphatic heterocycles. The van der Waals surface area contributed by atoms with Gasteiger partial charge >= 0.3 is 0 Å². The highest BCUT2D eigenvalue weighted by molar-refractivity contribution is 6.30. The maximum atomic E-state index is 5.95. The van der Waals surface area contributed by atoms with Crippen molar-refractivity contribution in [3.05, 3.63) is 46.7 Å². The number of hydrogen-bond acceptors (Lipinski definition) is 3. The van der Waals surface area contributed by atoms with E-state index >= 15 is 0 Å². The maximum absolute atomic E-state index is 5.95. The second-order valence-electron chi connectivity index (χ2n) is 5.45. The Morgan fingerprint density at radius 2 is 1.90 bits per heavy atom. The van der Waals surface area contributed by atoms with E-state index in [-0.39, 0.29) is 0 Å². The molecule has 1 fully saturated rings. The van der Waals surface area contributed by atoms with Crippen molar-refractivity contribution in [3.63, 3.8) is 0 Å². The molecule has 0 aliphatic carbocycles. The van der Waals surface area contributed by atoms with Gasteiger partial charge in [-0.3, -0.25) is 9.58 Å². The fourth-order valence-corrected chi connectivity index (χ4v) is 2.97. The Morgan fingerprint density at radius 1 is 1.20 bits per heavy atom. The third-order valence-electron chi connectivity index (χ3n) is 4.12. The van der Waals surface area contributed by atoms with Crippen molar-refractivity contribution in [3.8, 4) is 0 Å². The molecule has 1 aliphatic rings. The van der Waals surface area contributed by atoms with Crippen LogP contribution in [0.2, 0.25) is 5.02 Å². The molecular weight excluding hydrogens is 272 g/mol. The molecule has 5 heteroatoms. The normalized spacial score (nSPS) is 17.5. The molecule has 0 amide bonds. The van der Waals surface area contributed by atoms with Crippen molar-refractivity contribution >= 4 is 11.6 Å². The number of rotatable bonds is 3. The molecule has 0 N–H and O–H groups in total. The summed E-state index contributed by atoms with van der Waals surface area (Å²) >= 11 is 5.95. The molecule has 106 valence electrons. The van der Waals surface area contributed by atoms with E-state index in [1.54, 1.807) is 0 Å². The van der Waals surface area contributed by atoms with Crippen molar-refractivity contribution in [2.75, 3.05) is 13.1 Å². The first-order valence-corrected chi connectivity index (χ1v) is 7.41. The summed E-state index contributed by atoms with van der Waals surface area (Å²) in [5.41, 5.74) is 2.59. The van der Waals surface area contributed by atoms with Crippen LogP contribution in [0.5, 0.6) is 0 Å². The van der Waals surface area contributed by atoms with Crippen LogP contribution in [-0.4, -0.2) is 33.0 Å². The number of aryl methyl sites for hydroxylation is 1. The average Bonchev–Trinajstić information content (AvgIpc) is 2.86. The first-order chi connectivity index (χ1) is 9.72. The molecule has 0 unspecified atom stereocenters. The highest BCUT2D eigenvalue weighted by Gasteiger charge is 2.21. The van der Waals surface area contributed by atoms with Crippen LogP contribution in [0, 0.1) is 0 Å². The van der Waals surface area contributed by atoms with E-state index in [9.17, 15) is 0 Å². The zero-order valence-electron chi connectivity index (χ0n) is 11.7. The summed E-state index contributed by atoms with van der Waals surface area (Å²) in [5, 5.41) is 8.73. The molecule has 1 aromatic heterocycles. The van der Waals surface area contributed by atoms with E-state index in [1.807, 2.05) is 30.1 Å². The van der Waals surface area contributed by atoms with Crippen LogP contribution in [0.4, 0.5) is 0 Å². The molecule has 0 bridgehead atoms. The third-order valence-corrected chi connectivity index (χ3v) is 4.37. The molecule has 0 saturated carbocycles. The van der Waals surface area contributed by atoms with Crippen LogP contribution in [-0.2, 0) is 13.6 Å². The van der Waals surface area contributed by atoms with Gasteiger partial charge in [-0.2, -0.15) is 0 Å². The smallest absolute Gasteiger partial charge is 0.0738 e. The number of hydrogen-bond donors (Lipinski definition) is 0. The van der Waals surface area contributed by atoms with Crippen molar-refractivity contribution in [1.82, 2.24) is 19.9 Å². The van der Waals surface area contributed by atoms with E-state index in [0.29, 0.717) is 5.92 Å². The fraction of sp³-hybridized carbons (Fsp3) is 0.467. The predicted molar refractivity (Wildman–Crippen MR) is 79.7 cm³/mol. The van der Waals surface area contributed by atoms with Gasteiger partial charge in [0.15, 0.2) is 0 Å². The second kappa shape index (κ2) is 5.94. The number of piperidine rings is 1. The molecule has 0 radical (unpaired) electrons. The Labute approximate surface area is 124 Å². The summed E-state index contributed by atoms with van der Waals surface area (Å²) in [6.07, 6.45) is 4.26. The Hall–Kier alpha value is -1.39. The van der Waals surface area contributed by atoms with Gasteiger partial charge in [0, 0.05) is 18.6 Å². The molecule has 4 nitrogen and oxygen atoms in total. The van der Waals surface area contributed by atoms with Gasteiger partial charge in [0.05, 0.1) is 11.9 Å². The fourth-order valence-electron chi connectivity index (χ4n) is 2.84. The van der Waals surface area contributed by atoms with Crippen LogP contribution in [0.15, 0.2) is 30.5 Å². The highest BCUT2D eigenvalue weighted by Crippen LogP contribution is 2.29. The van der Waals surface area contributed by atoms with Crippen LogP contribution >= 0.6 is 11.6 Å². The molecule has 2 aromatic rings. The van der Waals surface area contributed by atoms with Gasteiger partial charge in [-0.05, 0) is 49.5 Å². The van der Waals surface area contributed by atoms with Gasteiger partial charge in [-0.1, -0.05) is 28.9 Å². The Bertz CT molecular complexity index is 556. The van der Waals surface area contributed by atoms with Crippen molar-refractivity contribution in [2.24, 2.45) is 7.05 Å². The first kappa shape index (κ1) is 13.6. The minimum atomic E-state index is 0.660. The van der Waals surface area contributed by atoms with Crippen molar-refractivity contribution in [1.29, 1.82) is 0 Å². The zero-order chi connectivity index (χ0) is 13.9. The lowest BCUT2D eigenvalue weighted by molar-refractivity contribution is 0.200. The Balaban J connectivity index is 1.57. The van der Waals surface area contributed by atoms with Crippen molar-refractivity contribution < 1.29 is 0 Å². The highest BCUT2D eigenvalue weighted by atomic mass is 35.5. The number of aromatic nitrogens is 3. The molecule has 1 saturated heterocycles. The maximum Gasteiger partial charge on any atom is 0.0738 e. The van der Waals surface area contributed by atoms with Gasteiger partial charge in [0.1, 0.15) is 0 Å². The predicted octanol–water partition coefficient (Wildman–Crippen LogP) is 2.85. The SMILES string of the molecule is Cn1nncc1CN1CCC(c2ccc(Cl)cc2)CC1. The van der Waals surface area contributed by atoms with E-state index in [1.165, 1.54) is 24.1 Å². The van der Waals surface area contributed by atoms with Crippen LogP contribution < -0.4 is 0 Å². The summed E-state index contributed by atoms with van der Waals surface area (Å²) in [5.74, 6) is 0.660. The van der Waals surface area contributed by atoms with Crippen molar-refractivity contribution in [2.45, 2.75) is 25.3 Å². The number of halogens is 1. The van der Waals surface area contributed by atoms with Crippen LogP contribution in [0.25, 0.3) is 0 Å². The molecule has 0 atom stereocenters. The molecule has 0 spiro atoms. The summed E-state index contributed by atoms with van der Waals surface area (Å²) < 4.78 is 1.85. The summed E-state index contributed by atoms with van der Waals surface area (Å²) in [7, 11) is 1.95. The molecule has 1 aromatic carbocycles. The standard InChI is InChI=1S/C15H19ClN4/c1-19-15(10-17-18-19)11-20-8-6-13(7-9-20)12-2-4-14(16)5-3-12/h2-5,10,13H,6-9,11H2,1H3. The largest absolute Gasteiger partial charge is 0.297 e. The number of nitrogens with zero attached hydrogens (tertiary/aromatic N) is 4. The lowest BCUT2D eigenvalue weighted by Crippen LogP contribution is -2.33. The summed E-state index contributed by atoms with van der Waals surface area (Å²) in [6, 6.07) is 8.30. The molecule has 3 rings (SSSR count). The van der Waals surface area contributed by atoms with E-state index in [4.69, 9.17) is 11.6 Å². The first-order valence-electron chi connectivity index (χ1n) is 7.04. The topological polar surface area (TPSA) is 34.0 Å². The van der Waals surface area contributed by atoms with Gasteiger partial charge in [-0.15, -0.1) is 5.10 Å². The molecule has 20 heavy (non-hydrogen) atoms. The van der Waals surface area contributed by atoms with Gasteiger partial charge in [0.2, 0.25) is 0 Å². The van der Waals surface area contributed by atoms with Gasteiger partial charge in [-0.25, -0.2) is 0 Å². The second-order valence-corrected chi connectivity index (χ2v) is 5.89. The van der Waals surface area contributed by atoms with Gasteiger partial charge < -0.3 is 0 Å². The van der Waals surface area contributed by atoms with Gasteiger partial charge in [0.25, 0.3) is 0 Å².